The number of unbranched alkanes of at least 4 members (excludes halogenated alkanes) is 2. The van der Waals surface area contributed by atoms with Gasteiger partial charge in [-0.1, -0.05) is 13.8 Å². The average molecular weight is 469 g/mol. The molecule has 0 aliphatic carbocycles. The second kappa shape index (κ2) is 11.4. The first-order valence-corrected chi connectivity index (χ1v) is 12.2. The van der Waals surface area contributed by atoms with Crippen molar-refractivity contribution in [1.29, 1.82) is 0 Å². The average Bonchev–Trinajstić information content (AvgIpc) is 2.77. The Morgan fingerprint density at radius 2 is 1.65 bits per heavy atom. The third kappa shape index (κ3) is 6.10. The smallest absolute Gasteiger partial charge is 0.163 e. The molecule has 1 aliphatic rings. The highest BCUT2D eigenvalue weighted by Gasteiger charge is 2.21. The van der Waals surface area contributed by atoms with Crippen molar-refractivity contribution in [3.8, 4) is 23.0 Å². The molecular weight excluding hydrogens is 432 g/mol. The lowest BCUT2D eigenvalue weighted by Crippen LogP contribution is -2.19. The quantitative estimate of drug-likeness (QED) is 0.309. The van der Waals surface area contributed by atoms with E-state index < -0.39 is 0 Å². The number of hydrogen-bond acceptors (Lipinski definition) is 6. The van der Waals surface area contributed by atoms with Crippen LogP contribution in [0.1, 0.15) is 98.1 Å². The van der Waals surface area contributed by atoms with Crippen LogP contribution >= 0.6 is 0 Å². The lowest BCUT2D eigenvalue weighted by molar-refractivity contribution is 0.100. The van der Waals surface area contributed by atoms with Gasteiger partial charge in [-0.3, -0.25) is 9.59 Å². The molecule has 1 aliphatic heterocycles. The van der Waals surface area contributed by atoms with Crippen LogP contribution in [0.15, 0.2) is 24.3 Å². The molecule has 0 radical (unpaired) electrons. The van der Waals surface area contributed by atoms with Crippen LogP contribution in [0.3, 0.4) is 0 Å². The van der Waals surface area contributed by atoms with Crippen molar-refractivity contribution in [3.63, 3.8) is 0 Å². The summed E-state index contributed by atoms with van der Waals surface area (Å²) in [6.45, 7) is 9.98. The molecule has 1 heterocycles. The van der Waals surface area contributed by atoms with E-state index in [0.717, 1.165) is 43.4 Å². The number of carbonyl (C=O) groups excluding carboxylic acids is 2. The van der Waals surface area contributed by atoms with E-state index in [4.69, 9.17) is 14.2 Å². The zero-order chi connectivity index (χ0) is 24.8. The zero-order valence-corrected chi connectivity index (χ0v) is 20.9. The maximum absolute atomic E-state index is 12.1. The summed E-state index contributed by atoms with van der Waals surface area (Å²) in [5, 5.41) is 10.5. The van der Waals surface area contributed by atoms with E-state index in [0.29, 0.717) is 41.4 Å². The minimum absolute atomic E-state index is 0.00942. The van der Waals surface area contributed by atoms with Crippen molar-refractivity contribution < 1.29 is 28.9 Å². The molecule has 1 unspecified atom stereocenters. The van der Waals surface area contributed by atoms with Gasteiger partial charge in [0.05, 0.1) is 30.4 Å². The van der Waals surface area contributed by atoms with Gasteiger partial charge in [-0.15, -0.1) is 0 Å². The van der Waals surface area contributed by atoms with Crippen molar-refractivity contribution >= 4 is 11.6 Å². The lowest BCUT2D eigenvalue weighted by Gasteiger charge is -2.24. The van der Waals surface area contributed by atoms with Gasteiger partial charge in [-0.05, 0) is 82.6 Å². The predicted molar refractivity (Wildman–Crippen MR) is 132 cm³/mol. The van der Waals surface area contributed by atoms with Gasteiger partial charge in [0.1, 0.15) is 23.0 Å². The van der Waals surface area contributed by atoms with E-state index >= 15 is 0 Å². The third-order valence-electron chi connectivity index (χ3n) is 6.13. The van der Waals surface area contributed by atoms with Crippen LogP contribution in [0.4, 0.5) is 0 Å². The SMILES string of the molecule is CC(=O)c1cc2c(cc1OCCCCCOc1ccc(C(C)=O)c(O)c1C(C)C)OC(C)CC2. The Labute approximate surface area is 202 Å². The fraction of sp³-hybridized carbons (Fsp3) is 0.500. The molecule has 0 spiro atoms. The number of ether oxygens (including phenoxy) is 3. The topological polar surface area (TPSA) is 82.1 Å². The summed E-state index contributed by atoms with van der Waals surface area (Å²) in [5.41, 5.74) is 2.66. The molecule has 0 amide bonds. The van der Waals surface area contributed by atoms with E-state index in [1.807, 2.05) is 32.9 Å². The van der Waals surface area contributed by atoms with Crippen LogP contribution in [0.5, 0.6) is 23.0 Å². The van der Waals surface area contributed by atoms with Gasteiger partial charge in [-0.2, -0.15) is 0 Å². The second-order valence-corrected chi connectivity index (χ2v) is 9.32. The maximum Gasteiger partial charge on any atom is 0.163 e. The standard InChI is InChI=1S/C28H36O6/c1-17(2)27-24(12-11-22(19(4)29)28(27)31)32-13-7-6-8-14-33-26-16-25-21(10-9-18(3)34-25)15-23(26)20(5)30/h11-12,15-18,31H,6-10,13-14H2,1-5H3. The second-order valence-electron chi connectivity index (χ2n) is 9.32. The number of aromatic hydroxyl groups is 1. The first-order valence-electron chi connectivity index (χ1n) is 12.2. The zero-order valence-electron chi connectivity index (χ0n) is 20.9. The van der Waals surface area contributed by atoms with Crippen molar-refractivity contribution in [2.24, 2.45) is 0 Å². The molecule has 1 atom stereocenters. The number of phenolic OH excluding ortho intramolecular Hbond substituents is 1. The third-order valence-corrected chi connectivity index (χ3v) is 6.13. The van der Waals surface area contributed by atoms with Crippen molar-refractivity contribution in [1.82, 2.24) is 0 Å². The van der Waals surface area contributed by atoms with Gasteiger partial charge in [0.15, 0.2) is 11.6 Å². The highest BCUT2D eigenvalue weighted by molar-refractivity contribution is 5.98. The molecular formula is C28H36O6. The minimum atomic E-state index is -0.168. The largest absolute Gasteiger partial charge is 0.507 e. The van der Waals surface area contributed by atoms with Gasteiger partial charge in [0.25, 0.3) is 0 Å². The van der Waals surface area contributed by atoms with Crippen LogP contribution in [0.25, 0.3) is 0 Å². The maximum atomic E-state index is 12.1. The Morgan fingerprint density at radius 3 is 2.26 bits per heavy atom. The molecule has 0 bridgehead atoms. The Hall–Kier alpha value is -3.02. The molecule has 184 valence electrons. The first-order chi connectivity index (χ1) is 16.2. The molecule has 0 saturated carbocycles. The number of phenols is 1. The van der Waals surface area contributed by atoms with Crippen molar-refractivity contribution in [2.45, 2.75) is 78.7 Å². The molecule has 3 rings (SSSR count). The summed E-state index contributed by atoms with van der Waals surface area (Å²) in [7, 11) is 0. The first kappa shape index (κ1) is 25.6. The number of benzene rings is 2. The fourth-order valence-electron chi connectivity index (χ4n) is 4.24. The van der Waals surface area contributed by atoms with Gasteiger partial charge < -0.3 is 19.3 Å². The minimum Gasteiger partial charge on any atom is -0.507 e. The Balaban J connectivity index is 1.50. The molecule has 2 aromatic rings. The summed E-state index contributed by atoms with van der Waals surface area (Å²) in [5.74, 6) is 1.87. The molecule has 2 aromatic carbocycles. The van der Waals surface area contributed by atoms with E-state index in [1.54, 1.807) is 19.1 Å². The van der Waals surface area contributed by atoms with E-state index in [9.17, 15) is 14.7 Å². The van der Waals surface area contributed by atoms with Crippen LogP contribution in [0.2, 0.25) is 0 Å². The predicted octanol–water partition coefficient (Wildman–Crippen LogP) is 6.26. The van der Waals surface area contributed by atoms with Crippen LogP contribution in [-0.2, 0) is 6.42 Å². The molecule has 0 fully saturated rings. The van der Waals surface area contributed by atoms with Gasteiger partial charge in [0, 0.05) is 11.6 Å². The molecule has 6 nitrogen and oxygen atoms in total. The molecule has 34 heavy (non-hydrogen) atoms. The number of fused-ring (bicyclic) bond motifs is 1. The van der Waals surface area contributed by atoms with Gasteiger partial charge >= 0.3 is 0 Å². The monoisotopic (exact) mass is 468 g/mol. The van der Waals surface area contributed by atoms with Gasteiger partial charge in [0.2, 0.25) is 0 Å². The van der Waals surface area contributed by atoms with Gasteiger partial charge in [-0.25, -0.2) is 0 Å². The normalized spacial score (nSPS) is 14.9. The number of rotatable bonds is 11. The number of Topliss-reactive ketones (excluding diaryl/α,β-unsaturated/α-hetero) is 2. The van der Waals surface area contributed by atoms with Crippen LogP contribution in [0, 0.1) is 0 Å². The number of carbonyl (C=O) groups is 2. The summed E-state index contributed by atoms with van der Waals surface area (Å²) in [6, 6.07) is 7.14. The van der Waals surface area contributed by atoms with Crippen LogP contribution in [-0.4, -0.2) is 36.0 Å². The molecule has 0 saturated heterocycles. The van der Waals surface area contributed by atoms with E-state index in [1.165, 1.54) is 6.92 Å². The molecule has 6 heteroatoms. The number of aryl methyl sites for hydroxylation is 1. The summed E-state index contributed by atoms with van der Waals surface area (Å²) >= 11 is 0. The fourth-order valence-corrected chi connectivity index (χ4v) is 4.24. The summed E-state index contributed by atoms with van der Waals surface area (Å²) in [4.78, 5) is 23.8. The Bertz CT molecular complexity index is 1040. The summed E-state index contributed by atoms with van der Waals surface area (Å²) < 4.78 is 17.8. The Kier molecular flexibility index (Phi) is 8.59. The van der Waals surface area contributed by atoms with Crippen molar-refractivity contribution in [3.05, 3.63) is 46.5 Å². The van der Waals surface area contributed by atoms with E-state index in [2.05, 4.69) is 0 Å². The molecule has 1 N–H and O–H groups in total. The van der Waals surface area contributed by atoms with E-state index in [-0.39, 0.29) is 29.3 Å². The number of hydrogen-bond donors (Lipinski definition) is 1. The van der Waals surface area contributed by atoms with Crippen molar-refractivity contribution in [2.75, 3.05) is 13.2 Å². The summed E-state index contributed by atoms with van der Waals surface area (Å²) in [6.07, 6.45) is 4.56. The Morgan fingerprint density at radius 1 is 1.00 bits per heavy atom. The number of ketones is 2. The highest BCUT2D eigenvalue weighted by atomic mass is 16.5. The lowest BCUT2D eigenvalue weighted by atomic mass is 9.96. The molecule has 0 aromatic heterocycles. The van der Waals surface area contributed by atoms with Crippen LogP contribution < -0.4 is 14.2 Å². The highest BCUT2D eigenvalue weighted by Crippen LogP contribution is 2.38.